The SMILES string of the molecule is COc1cccc(OC)c1C=CC(=O)Nc1c(Cl)cccc1Cl. The highest BCUT2D eigenvalue weighted by Gasteiger charge is 2.09. The quantitative estimate of drug-likeness (QED) is 0.796. The average molecular weight is 352 g/mol. The third-order valence-electron chi connectivity index (χ3n) is 3.08. The fourth-order valence-electron chi connectivity index (χ4n) is 1.99. The van der Waals surface area contributed by atoms with Crippen LogP contribution in [0.3, 0.4) is 0 Å². The summed E-state index contributed by atoms with van der Waals surface area (Å²) in [4.78, 5) is 12.1. The highest BCUT2D eigenvalue weighted by molar-refractivity contribution is 6.39. The molecular formula is C17H15Cl2NO3. The van der Waals surface area contributed by atoms with Crippen molar-refractivity contribution in [1.29, 1.82) is 0 Å². The molecule has 1 amide bonds. The van der Waals surface area contributed by atoms with Gasteiger partial charge in [0.15, 0.2) is 0 Å². The molecule has 0 aliphatic heterocycles. The molecule has 0 aliphatic rings. The van der Waals surface area contributed by atoms with Crippen molar-refractivity contribution >= 4 is 40.9 Å². The molecule has 0 unspecified atom stereocenters. The molecule has 0 radical (unpaired) electrons. The number of para-hydroxylation sites is 1. The fraction of sp³-hybridized carbons (Fsp3) is 0.118. The lowest BCUT2D eigenvalue weighted by Gasteiger charge is -2.10. The van der Waals surface area contributed by atoms with Gasteiger partial charge in [-0.15, -0.1) is 0 Å². The molecule has 2 rings (SSSR count). The Bertz CT molecular complexity index is 702. The van der Waals surface area contributed by atoms with E-state index in [0.717, 1.165) is 0 Å². The van der Waals surface area contributed by atoms with Crippen LogP contribution in [0.15, 0.2) is 42.5 Å². The van der Waals surface area contributed by atoms with Crippen LogP contribution in [0, 0.1) is 0 Å². The normalized spacial score (nSPS) is 10.6. The smallest absolute Gasteiger partial charge is 0.248 e. The second-order valence-electron chi connectivity index (χ2n) is 4.50. The molecule has 4 nitrogen and oxygen atoms in total. The Kier molecular flexibility index (Phi) is 5.90. The van der Waals surface area contributed by atoms with Crippen molar-refractivity contribution in [3.63, 3.8) is 0 Å². The summed E-state index contributed by atoms with van der Waals surface area (Å²) < 4.78 is 10.5. The van der Waals surface area contributed by atoms with Crippen LogP contribution in [0.2, 0.25) is 10.0 Å². The van der Waals surface area contributed by atoms with Crippen molar-refractivity contribution in [1.82, 2.24) is 0 Å². The van der Waals surface area contributed by atoms with E-state index < -0.39 is 0 Å². The number of benzene rings is 2. The molecular weight excluding hydrogens is 337 g/mol. The largest absolute Gasteiger partial charge is 0.496 e. The van der Waals surface area contributed by atoms with Gasteiger partial charge < -0.3 is 14.8 Å². The molecule has 1 N–H and O–H groups in total. The maximum Gasteiger partial charge on any atom is 0.248 e. The van der Waals surface area contributed by atoms with E-state index in [1.165, 1.54) is 6.08 Å². The first kappa shape index (κ1) is 17.2. The molecule has 0 aliphatic carbocycles. The summed E-state index contributed by atoms with van der Waals surface area (Å²) >= 11 is 12.0. The minimum atomic E-state index is -0.368. The molecule has 0 aromatic heterocycles. The van der Waals surface area contributed by atoms with Crippen molar-refractivity contribution in [2.24, 2.45) is 0 Å². The molecule has 0 atom stereocenters. The zero-order chi connectivity index (χ0) is 16.8. The third kappa shape index (κ3) is 4.18. The fourth-order valence-corrected chi connectivity index (χ4v) is 2.48. The molecule has 0 saturated heterocycles. The zero-order valence-electron chi connectivity index (χ0n) is 12.6. The topological polar surface area (TPSA) is 47.6 Å². The van der Waals surface area contributed by atoms with Crippen LogP contribution in [0.1, 0.15) is 5.56 Å². The number of anilines is 1. The first-order valence-electron chi connectivity index (χ1n) is 6.71. The number of carbonyl (C=O) groups is 1. The van der Waals surface area contributed by atoms with E-state index >= 15 is 0 Å². The Morgan fingerprint density at radius 2 is 1.52 bits per heavy atom. The van der Waals surface area contributed by atoms with Crippen LogP contribution in [0.5, 0.6) is 11.5 Å². The minimum Gasteiger partial charge on any atom is -0.496 e. The number of nitrogens with one attached hydrogen (secondary N) is 1. The molecule has 0 heterocycles. The molecule has 0 bridgehead atoms. The molecule has 0 saturated carbocycles. The van der Waals surface area contributed by atoms with Crippen LogP contribution in [-0.4, -0.2) is 20.1 Å². The van der Waals surface area contributed by atoms with Gasteiger partial charge in [-0.3, -0.25) is 4.79 Å². The summed E-state index contributed by atoms with van der Waals surface area (Å²) in [6.07, 6.45) is 2.97. The van der Waals surface area contributed by atoms with Crippen molar-refractivity contribution in [3.8, 4) is 11.5 Å². The highest BCUT2D eigenvalue weighted by atomic mass is 35.5. The molecule has 0 fully saturated rings. The van der Waals surface area contributed by atoms with Crippen LogP contribution in [-0.2, 0) is 4.79 Å². The number of ether oxygens (including phenoxy) is 2. The molecule has 23 heavy (non-hydrogen) atoms. The number of rotatable bonds is 5. The van der Waals surface area contributed by atoms with E-state index in [4.69, 9.17) is 32.7 Å². The lowest BCUT2D eigenvalue weighted by molar-refractivity contribution is -0.111. The minimum absolute atomic E-state index is 0.368. The summed E-state index contributed by atoms with van der Waals surface area (Å²) in [5.74, 6) is 0.835. The number of amides is 1. The molecule has 0 spiro atoms. The number of carbonyl (C=O) groups excluding carboxylic acids is 1. The molecule has 2 aromatic carbocycles. The van der Waals surface area contributed by atoms with E-state index in [9.17, 15) is 4.79 Å². The predicted molar refractivity (Wildman–Crippen MR) is 93.7 cm³/mol. The van der Waals surface area contributed by atoms with Gasteiger partial charge in [0, 0.05) is 6.08 Å². The van der Waals surface area contributed by atoms with Crippen molar-refractivity contribution in [2.75, 3.05) is 19.5 Å². The Balaban J connectivity index is 2.22. The maximum atomic E-state index is 12.1. The first-order valence-corrected chi connectivity index (χ1v) is 7.46. The lowest BCUT2D eigenvalue weighted by Crippen LogP contribution is -2.08. The van der Waals surface area contributed by atoms with E-state index in [1.54, 1.807) is 56.7 Å². The monoisotopic (exact) mass is 351 g/mol. The predicted octanol–water partition coefficient (Wildman–Crippen LogP) is 4.66. The second kappa shape index (κ2) is 7.90. The standard InChI is InChI=1S/C17H15Cl2NO3/c1-22-14-7-4-8-15(23-2)11(14)9-10-16(21)20-17-12(18)5-3-6-13(17)19/h3-10H,1-2H3,(H,20,21). The number of hydrogen-bond acceptors (Lipinski definition) is 3. The second-order valence-corrected chi connectivity index (χ2v) is 5.31. The molecule has 2 aromatic rings. The summed E-state index contributed by atoms with van der Waals surface area (Å²) in [6.45, 7) is 0. The summed E-state index contributed by atoms with van der Waals surface area (Å²) in [5.41, 5.74) is 1.04. The van der Waals surface area contributed by atoms with Gasteiger partial charge in [-0.25, -0.2) is 0 Å². The van der Waals surface area contributed by atoms with Crippen LogP contribution in [0.25, 0.3) is 6.08 Å². The van der Waals surface area contributed by atoms with Crippen molar-refractivity contribution in [2.45, 2.75) is 0 Å². The van der Waals surface area contributed by atoms with Crippen LogP contribution in [0.4, 0.5) is 5.69 Å². The Labute approximate surface area is 144 Å². The summed E-state index contributed by atoms with van der Waals surface area (Å²) in [6, 6.07) is 10.4. The number of hydrogen-bond donors (Lipinski definition) is 1. The van der Waals surface area contributed by atoms with Gasteiger partial charge in [-0.2, -0.15) is 0 Å². The Morgan fingerprint density at radius 3 is 2.04 bits per heavy atom. The van der Waals surface area contributed by atoms with Gasteiger partial charge in [-0.05, 0) is 30.3 Å². The maximum absolute atomic E-state index is 12.1. The van der Waals surface area contributed by atoms with E-state index in [2.05, 4.69) is 5.32 Å². The van der Waals surface area contributed by atoms with Gasteiger partial charge >= 0.3 is 0 Å². The summed E-state index contributed by atoms with van der Waals surface area (Å²) in [5, 5.41) is 3.39. The summed E-state index contributed by atoms with van der Waals surface area (Å²) in [7, 11) is 3.10. The Morgan fingerprint density at radius 1 is 1.00 bits per heavy atom. The van der Waals surface area contributed by atoms with Crippen LogP contribution >= 0.6 is 23.2 Å². The number of halogens is 2. The van der Waals surface area contributed by atoms with E-state index in [1.807, 2.05) is 0 Å². The van der Waals surface area contributed by atoms with Gasteiger partial charge in [0.05, 0.1) is 35.5 Å². The van der Waals surface area contributed by atoms with Crippen molar-refractivity contribution < 1.29 is 14.3 Å². The lowest BCUT2D eigenvalue weighted by atomic mass is 10.1. The van der Waals surface area contributed by atoms with E-state index in [0.29, 0.717) is 32.8 Å². The van der Waals surface area contributed by atoms with Gasteiger partial charge in [0.25, 0.3) is 0 Å². The molecule has 6 heteroatoms. The first-order chi connectivity index (χ1) is 11.1. The average Bonchev–Trinajstić information content (AvgIpc) is 2.56. The highest BCUT2D eigenvalue weighted by Crippen LogP contribution is 2.31. The number of methoxy groups -OCH3 is 2. The third-order valence-corrected chi connectivity index (χ3v) is 3.71. The van der Waals surface area contributed by atoms with Crippen LogP contribution < -0.4 is 14.8 Å². The molecule has 120 valence electrons. The zero-order valence-corrected chi connectivity index (χ0v) is 14.1. The van der Waals surface area contributed by atoms with Gasteiger partial charge in [0.1, 0.15) is 11.5 Å². The van der Waals surface area contributed by atoms with Gasteiger partial charge in [-0.1, -0.05) is 35.3 Å². The Hall–Kier alpha value is -2.17. The van der Waals surface area contributed by atoms with E-state index in [-0.39, 0.29) is 5.91 Å². The van der Waals surface area contributed by atoms with Crippen molar-refractivity contribution in [3.05, 3.63) is 58.1 Å². The van der Waals surface area contributed by atoms with Gasteiger partial charge in [0.2, 0.25) is 5.91 Å².